The third-order valence-corrected chi connectivity index (χ3v) is 3.72. The van der Waals surface area contributed by atoms with Gasteiger partial charge in [0.25, 0.3) is 0 Å². The van der Waals surface area contributed by atoms with Crippen molar-refractivity contribution in [2.24, 2.45) is 5.84 Å². The topological polar surface area (TPSA) is 67.1 Å². The van der Waals surface area contributed by atoms with Gasteiger partial charge in [0.2, 0.25) is 5.95 Å². The largest absolute Gasteiger partial charge is 0.353 e. The van der Waals surface area contributed by atoms with Crippen LogP contribution >= 0.6 is 34.5 Å². The van der Waals surface area contributed by atoms with Crippen molar-refractivity contribution < 1.29 is 0 Å². The van der Waals surface area contributed by atoms with Crippen LogP contribution in [-0.4, -0.2) is 17.0 Å². The van der Waals surface area contributed by atoms with Crippen LogP contribution < -0.4 is 16.2 Å². The highest BCUT2D eigenvalue weighted by Gasteiger charge is 2.11. The van der Waals surface area contributed by atoms with Gasteiger partial charge in [0, 0.05) is 11.9 Å². The molecule has 8 heteroatoms. The summed E-state index contributed by atoms with van der Waals surface area (Å²) in [7, 11) is 1.89. The maximum atomic E-state index is 6.06. The maximum absolute atomic E-state index is 6.06. The van der Waals surface area contributed by atoms with Crippen molar-refractivity contribution in [3.63, 3.8) is 0 Å². The zero-order valence-electron chi connectivity index (χ0n) is 9.52. The second-order valence-corrected chi connectivity index (χ2v) is 5.78. The van der Waals surface area contributed by atoms with Gasteiger partial charge >= 0.3 is 0 Å². The van der Waals surface area contributed by atoms with Gasteiger partial charge in [0.1, 0.15) is 5.02 Å². The Kier molecular flexibility index (Phi) is 4.23. The molecule has 0 aliphatic heterocycles. The fourth-order valence-corrected chi connectivity index (χ4v) is 2.82. The molecule has 0 aliphatic carbocycles. The van der Waals surface area contributed by atoms with Gasteiger partial charge in [-0.3, -0.25) is 5.43 Å². The van der Waals surface area contributed by atoms with Crippen LogP contribution in [0.15, 0.2) is 18.3 Å². The van der Waals surface area contributed by atoms with Gasteiger partial charge in [-0.1, -0.05) is 23.2 Å². The zero-order valence-corrected chi connectivity index (χ0v) is 11.9. The number of thiophene rings is 1. The summed E-state index contributed by atoms with van der Waals surface area (Å²) >= 11 is 13.5. The second-order valence-electron chi connectivity index (χ2n) is 3.57. The average Bonchev–Trinajstić information content (AvgIpc) is 2.75. The van der Waals surface area contributed by atoms with Crippen LogP contribution in [0.25, 0.3) is 0 Å². The number of hydrazine groups is 1. The van der Waals surface area contributed by atoms with E-state index in [9.17, 15) is 0 Å². The molecule has 5 nitrogen and oxygen atoms in total. The van der Waals surface area contributed by atoms with E-state index in [0.29, 0.717) is 23.3 Å². The van der Waals surface area contributed by atoms with Crippen LogP contribution in [0, 0.1) is 0 Å². The van der Waals surface area contributed by atoms with Gasteiger partial charge in [-0.05, 0) is 12.1 Å². The summed E-state index contributed by atoms with van der Waals surface area (Å²) in [4.78, 5) is 11.2. The Hall–Kier alpha value is -1.08. The minimum Gasteiger partial charge on any atom is -0.353 e. The van der Waals surface area contributed by atoms with Crippen molar-refractivity contribution in [3.05, 3.63) is 32.6 Å². The standard InChI is InChI=1S/C10H11Cl2N5S/c1-17(5-6-2-3-8(12)18-6)9-7(11)4-14-10(15-9)16-13/h2-4H,5,13H2,1H3,(H,14,15,16). The van der Waals surface area contributed by atoms with Crippen LogP contribution in [0.1, 0.15) is 4.88 Å². The molecule has 0 saturated carbocycles. The number of rotatable bonds is 4. The number of nitrogen functional groups attached to an aromatic ring is 1. The van der Waals surface area contributed by atoms with Gasteiger partial charge in [-0.15, -0.1) is 11.3 Å². The Morgan fingerprint density at radius 3 is 2.83 bits per heavy atom. The average molecular weight is 304 g/mol. The Bertz CT molecular complexity index is 545. The highest BCUT2D eigenvalue weighted by molar-refractivity contribution is 7.16. The highest BCUT2D eigenvalue weighted by atomic mass is 35.5. The van der Waals surface area contributed by atoms with Gasteiger partial charge in [-0.2, -0.15) is 4.98 Å². The third kappa shape index (κ3) is 3.02. The number of nitrogens with two attached hydrogens (primary N) is 1. The van der Waals surface area contributed by atoms with Gasteiger partial charge < -0.3 is 4.90 Å². The fraction of sp³-hybridized carbons (Fsp3) is 0.200. The molecular weight excluding hydrogens is 293 g/mol. The van der Waals surface area contributed by atoms with Crippen molar-refractivity contribution >= 4 is 46.3 Å². The first-order chi connectivity index (χ1) is 8.60. The normalized spacial score (nSPS) is 10.4. The molecular formula is C10H11Cl2N5S. The molecule has 96 valence electrons. The summed E-state index contributed by atoms with van der Waals surface area (Å²) in [5, 5.41) is 0.471. The summed E-state index contributed by atoms with van der Waals surface area (Å²) < 4.78 is 0.761. The van der Waals surface area contributed by atoms with Crippen LogP contribution in [0.5, 0.6) is 0 Å². The van der Waals surface area contributed by atoms with E-state index in [1.54, 1.807) is 0 Å². The molecule has 2 heterocycles. The Morgan fingerprint density at radius 2 is 2.22 bits per heavy atom. The lowest BCUT2D eigenvalue weighted by Crippen LogP contribution is -2.19. The van der Waals surface area contributed by atoms with E-state index in [1.807, 2.05) is 24.1 Å². The molecule has 0 spiro atoms. The third-order valence-electron chi connectivity index (χ3n) is 2.24. The number of aromatic nitrogens is 2. The maximum Gasteiger partial charge on any atom is 0.239 e. The molecule has 0 unspecified atom stereocenters. The van der Waals surface area contributed by atoms with Gasteiger partial charge in [0.15, 0.2) is 5.82 Å². The molecule has 0 radical (unpaired) electrons. The lowest BCUT2D eigenvalue weighted by molar-refractivity contribution is 0.904. The highest BCUT2D eigenvalue weighted by Crippen LogP contribution is 2.27. The monoisotopic (exact) mass is 303 g/mol. The molecule has 3 N–H and O–H groups in total. The number of nitrogens with zero attached hydrogens (tertiary/aromatic N) is 3. The molecule has 0 saturated heterocycles. The summed E-state index contributed by atoms with van der Waals surface area (Å²) in [5.41, 5.74) is 2.39. The number of anilines is 2. The van der Waals surface area contributed by atoms with E-state index in [0.717, 1.165) is 9.21 Å². The molecule has 18 heavy (non-hydrogen) atoms. The number of nitrogens with one attached hydrogen (secondary N) is 1. The summed E-state index contributed by atoms with van der Waals surface area (Å²) in [6.45, 7) is 0.665. The van der Waals surface area contributed by atoms with Gasteiger partial charge in [-0.25, -0.2) is 10.8 Å². The fourth-order valence-electron chi connectivity index (χ4n) is 1.44. The summed E-state index contributed by atoms with van der Waals surface area (Å²) in [6.07, 6.45) is 1.51. The number of hydrogen-bond acceptors (Lipinski definition) is 6. The lowest BCUT2D eigenvalue weighted by atomic mass is 10.4. The van der Waals surface area contributed by atoms with E-state index in [1.165, 1.54) is 17.5 Å². The molecule has 0 amide bonds. The minimum absolute atomic E-state index is 0.325. The van der Waals surface area contributed by atoms with Crippen LogP contribution in [0.3, 0.4) is 0 Å². The lowest BCUT2D eigenvalue weighted by Gasteiger charge is -2.18. The van der Waals surface area contributed by atoms with Crippen molar-refractivity contribution in [3.8, 4) is 0 Å². The van der Waals surface area contributed by atoms with E-state index >= 15 is 0 Å². The molecule has 0 fully saturated rings. The predicted octanol–water partition coefficient (Wildman–Crippen LogP) is 2.77. The first-order valence-corrected chi connectivity index (χ1v) is 6.62. The molecule has 0 aromatic carbocycles. The molecule has 0 bridgehead atoms. The molecule has 2 rings (SSSR count). The minimum atomic E-state index is 0.325. The van der Waals surface area contributed by atoms with Crippen molar-refractivity contribution in [2.45, 2.75) is 6.54 Å². The smallest absolute Gasteiger partial charge is 0.239 e. The SMILES string of the molecule is CN(Cc1ccc(Cl)s1)c1nc(NN)ncc1Cl. The summed E-state index contributed by atoms with van der Waals surface area (Å²) in [5.74, 6) is 6.21. The predicted molar refractivity (Wildman–Crippen MR) is 76.3 cm³/mol. The second kappa shape index (κ2) is 5.71. The van der Waals surface area contributed by atoms with E-state index in [-0.39, 0.29) is 0 Å². The van der Waals surface area contributed by atoms with E-state index in [4.69, 9.17) is 29.0 Å². The van der Waals surface area contributed by atoms with Crippen LogP contribution in [0.2, 0.25) is 9.36 Å². The first-order valence-electron chi connectivity index (χ1n) is 5.04. The van der Waals surface area contributed by atoms with Crippen molar-refractivity contribution in [1.82, 2.24) is 9.97 Å². The van der Waals surface area contributed by atoms with E-state index in [2.05, 4.69) is 15.4 Å². The van der Waals surface area contributed by atoms with Crippen molar-refractivity contribution in [2.75, 3.05) is 17.4 Å². The van der Waals surface area contributed by atoms with E-state index < -0.39 is 0 Å². The molecule has 0 aliphatic rings. The van der Waals surface area contributed by atoms with Crippen molar-refractivity contribution in [1.29, 1.82) is 0 Å². The number of halogens is 2. The molecule has 0 atom stereocenters. The zero-order chi connectivity index (χ0) is 13.1. The molecule has 2 aromatic rings. The first kappa shape index (κ1) is 13.4. The summed E-state index contributed by atoms with van der Waals surface area (Å²) in [6, 6.07) is 3.84. The van der Waals surface area contributed by atoms with Crippen LogP contribution in [-0.2, 0) is 6.54 Å². The Morgan fingerprint density at radius 1 is 1.44 bits per heavy atom. The Balaban J connectivity index is 2.20. The quantitative estimate of drug-likeness (QED) is 0.671. The Labute approximate surface area is 119 Å². The number of hydrogen-bond donors (Lipinski definition) is 2. The van der Waals surface area contributed by atoms with Gasteiger partial charge in [0.05, 0.1) is 17.1 Å². The van der Waals surface area contributed by atoms with Crippen LogP contribution in [0.4, 0.5) is 11.8 Å². The molecule has 2 aromatic heterocycles.